The molecule has 10 aromatic carbocycles. The predicted molar refractivity (Wildman–Crippen MR) is 244 cm³/mol. The van der Waals surface area contributed by atoms with E-state index in [0.29, 0.717) is 0 Å². The lowest BCUT2D eigenvalue weighted by Crippen LogP contribution is -2.10. The van der Waals surface area contributed by atoms with Crippen molar-refractivity contribution in [1.29, 1.82) is 0 Å². The molecule has 0 aliphatic carbocycles. The fraction of sp³-hybridized carbons (Fsp3) is 0.0182. The highest BCUT2D eigenvalue weighted by molar-refractivity contribution is 6.21. The number of benzene rings is 10. The van der Waals surface area contributed by atoms with Crippen molar-refractivity contribution in [2.75, 3.05) is 4.90 Å². The summed E-state index contributed by atoms with van der Waals surface area (Å²) >= 11 is 0. The zero-order valence-corrected chi connectivity index (χ0v) is 31.6. The topological polar surface area (TPSA) is 8.17 Å². The molecule has 0 fully saturated rings. The largest absolute Gasteiger partial charge is 0.344 e. The molecule has 1 aromatic heterocycles. The van der Waals surface area contributed by atoms with Gasteiger partial charge in [0.05, 0.1) is 0 Å². The van der Waals surface area contributed by atoms with E-state index in [1.807, 2.05) is 0 Å². The maximum atomic E-state index is 2.39. The lowest BCUT2D eigenvalue weighted by molar-refractivity contribution is 1.01. The molecule has 0 spiro atoms. The zero-order valence-electron chi connectivity index (χ0n) is 31.6. The van der Waals surface area contributed by atoms with Crippen molar-refractivity contribution in [3.63, 3.8) is 0 Å². The Morgan fingerprint density at radius 2 is 0.754 bits per heavy atom. The van der Waals surface area contributed by atoms with Crippen molar-refractivity contribution in [1.82, 2.24) is 4.57 Å². The van der Waals surface area contributed by atoms with Gasteiger partial charge in [-0.15, -0.1) is 0 Å². The van der Waals surface area contributed by atoms with Crippen LogP contribution in [-0.4, -0.2) is 4.57 Å². The van der Waals surface area contributed by atoms with Crippen molar-refractivity contribution in [3.05, 3.63) is 212 Å². The van der Waals surface area contributed by atoms with Gasteiger partial charge in [0.1, 0.15) is 0 Å². The second kappa shape index (κ2) is 13.4. The smallest absolute Gasteiger partial charge is 0.0490 e. The standard InChI is InChI=1S/C55H38N2/c1-56-52-22-12-11-17-46(52)51-36-45(33-34-53(51)56)57(43-29-25-38(26-30-43)42-24-23-37-13-5-6-16-41(37)35-42)44-31-27-40(28-32-44)55-49-20-9-7-18-47(49)54(39-14-3-2-4-15-39)48-19-8-10-21-50(48)55/h2-36H,1H3. The van der Waals surface area contributed by atoms with Crippen molar-refractivity contribution in [2.24, 2.45) is 7.05 Å². The third-order valence-corrected chi connectivity index (χ3v) is 11.8. The van der Waals surface area contributed by atoms with Crippen LogP contribution in [0.5, 0.6) is 0 Å². The van der Waals surface area contributed by atoms with Crippen LogP contribution in [0.15, 0.2) is 212 Å². The molecule has 0 radical (unpaired) electrons. The van der Waals surface area contributed by atoms with E-state index in [9.17, 15) is 0 Å². The molecule has 57 heavy (non-hydrogen) atoms. The minimum absolute atomic E-state index is 1.10. The number of rotatable bonds is 6. The molecule has 2 nitrogen and oxygen atoms in total. The van der Waals surface area contributed by atoms with Crippen molar-refractivity contribution >= 4 is 71.2 Å². The van der Waals surface area contributed by atoms with Crippen molar-refractivity contribution in [3.8, 4) is 33.4 Å². The van der Waals surface area contributed by atoms with E-state index in [1.54, 1.807) is 0 Å². The molecule has 268 valence electrons. The predicted octanol–water partition coefficient (Wildman–Crippen LogP) is 15.3. The van der Waals surface area contributed by atoms with Crippen molar-refractivity contribution < 1.29 is 0 Å². The molecule has 0 bridgehead atoms. The summed E-state index contributed by atoms with van der Waals surface area (Å²) in [5.41, 5.74) is 13.2. The number of anilines is 3. The third-order valence-electron chi connectivity index (χ3n) is 11.8. The Balaban J connectivity index is 1.07. The molecule has 11 aromatic rings. The lowest BCUT2D eigenvalue weighted by Gasteiger charge is -2.26. The molecular formula is C55H38N2. The number of fused-ring (bicyclic) bond motifs is 6. The second-order valence-corrected chi connectivity index (χ2v) is 15.0. The minimum atomic E-state index is 1.10. The molecular weight excluding hydrogens is 689 g/mol. The summed E-state index contributed by atoms with van der Waals surface area (Å²) in [6.45, 7) is 0. The van der Waals surface area contributed by atoms with Gasteiger partial charge in [-0.2, -0.15) is 0 Å². The van der Waals surface area contributed by atoms with E-state index in [4.69, 9.17) is 0 Å². The van der Waals surface area contributed by atoms with Crippen LogP contribution in [0.2, 0.25) is 0 Å². The maximum absolute atomic E-state index is 2.39. The van der Waals surface area contributed by atoms with Gasteiger partial charge in [-0.1, -0.05) is 158 Å². The van der Waals surface area contributed by atoms with Crippen molar-refractivity contribution in [2.45, 2.75) is 0 Å². The monoisotopic (exact) mass is 726 g/mol. The molecule has 0 saturated carbocycles. The summed E-state index contributed by atoms with van der Waals surface area (Å²) in [5.74, 6) is 0. The highest BCUT2D eigenvalue weighted by atomic mass is 15.1. The average Bonchev–Trinajstić information content (AvgIpc) is 3.56. The maximum Gasteiger partial charge on any atom is 0.0490 e. The zero-order chi connectivity index (χ0) is 37.9. The number of aromatic nitrogens is 1. The normalized spacial score (nSPS) is 11.6. The van der Waals surface area contributed by atoms with E-state index >= 15 is 0 Å². The Morgan fingerprint density at radius 3 is 1.39 bits per heavy atom. The quantitative estimate of drug-likeness (QED) is 0.155. The molecule has 0 atom stereocenters. The summed E-state index contributed by atoms with van der Waals surface area (Å²) in [5, 5.41) is 10.0. The number of aryl methyl sites for hydroxylation is 1. The van der Waals surface area contributed by atoms with Gasteiger partial charge >= 0.3 is 0 Å². The first-order chi connectivity index (χ1) is 28.2. The van der Waals surface area contributed by atoms with Crippen LogP contribution in [-0.2, 0) is 7.05 Å². The molecule has 0 saturated heterocycles. The van der Waals surface area contributed by atoms with Gasteiger partial charge < -0.3 is 9.47 Å². The van der Waals surface area contributed by atoms with Crippen LogP contribution in [0, 0.1) is 0 Å². The minimum Gasteiger partial charge on any atom is -0.344 e. The van der Waals surface area contributed by atoms with Gasteiger partial charge in [0.25, 0.3) is 0 Å². The first-order valence-electron chi connectivity index (χ1n) is 19.7. The number of hydrogen-bond donors (Lipinski definition) is 0. The number of hydrogen-bond acceptors (Lipinski definition) is 1. The molecule has 0 aliphatic rings. The highest BCUT2D eigenvalue weighted by Gasteiger charge is 2.19. The van der Waals surface area contributed by atoms with Crippen LogP contribution >= 0.6 is 0 Å². The second-order valence-electron chi connectivity index (χ2n) is 15.0. The third kappa shape index (κ3) is 5.49. The van der Waals surface area contributed by atoms with Crippen LogP contribution < -0.4 is 4.90 Å². The van der Waals surface area contributed by atoms with Gasteiger partial charge in [-0.05, 0) is 120 Å². The first kappa shape index (κ1) is 33.0. The Bertz CT molecular complexity index is 3230. The first-order valence-corrected chi connectivity index (χ1v) is 19.7. The molecule has 11 rings (SSSR count). The number of nitrogens with zero attached hydrogens (tertiary/aromatic N) is 2. The fourth-order valence-electron chi connectivity index (χ4n) is 9.05. The lowest BCUT2D eigenvalue weighted by atomic mass is 9.86. The molecule has 0 aliphatic heterocycles. The summed E-state index contributed by atoms with van der Waals surface area (Å²) in [6.07, 6.45) is 0. The molecule has 0 unspecified atom stereocenters. The SMILES string of the molecule is Cn1c2ccccc2c2cc(N(c3ccc(-c4ccc5ccccc5c4)cc3)c3ccc(-c4c5ccccc5c(-c5ccccc5)c5ccccc45)cc3)ccc21. The Morgan fingerprint density at radius 1 is 0.298 bits per heavy atom. The van der Waals surface area contributed by atoms with E-state index in [2.05, 4.69) is 229 Å². The van der Waals surface area contributed by atoms with Gasteiger partial charge in [0, 0.05) is 45.9 Å². The van der Waals surface area contributed by atoms with E-state index in [-0.39, 0.29) is 0 Å². The number of para-hydroxylation sites is 1. The Kier molecular flexibility index (Phi) is 7.75. The highest BCUT2D eigenvalue weighted by Crippen LogP contribution is 2.45. The van der Waals surface area contributed by atoms with Gasteiger partial charge in [-0.25, -0.2) is 0 Å². The summed E-state index contributed by atoms with van der Waals surface area (Å²) in [6, 6.07) is 77.6. The van der Waals surface area contributed by atoms with Gasteiger partial charge in [-0.3, -0.25) is 0 Å². The van der Waals surface area contributed by atoms with E-state index in [1.165, 1.54) is 87.5 Å². The van der Waals surface area contributed by atoms with Gasteiger partial charge in [0.15, 0.2) is 0 Å². The Hall–Kier alpha value is -7.42. The summed E-state index contributed by atoms with van der Waals surface area (Å²) in [7, 11) is 2.16. The molecule has 0 N–H and O–H groups in total. The fourth-order valence-corrected chi connectivity index (χ4v) is 9.05. The molecule has 0 amide bonds. The van der Waals surface area contributed by atoms with Crippen LogP contribution in [0.25, 0.3) is 87.5 Å². The molecule has 2 heteroatoms. The Labute approximate surface area is 332 Å². The summed E-state index contributed by atoms with van der Waals surface area (Å²) < 4.78 is 2.30. The van der Waals surface area contributed by atoms with Crippen LogP contribution in [0.1, 0.15) is 0 Å². The van der Waals surface area contributed by atoms with Gasteiger partial charge in [0.2, 0.25) is 0 Å². The molecule has 1 heterocycles. The summed E-state index contributed by atoms with van der Waals surface area (Å²) in [4.78, 5) is 2.39. The average molecular weight is 727 g/mol. The van der Waals surface area contributed by atoms with Crippen LogP contribution in [0.3, 0.4) is 0 Å². The van der Waals surface area contributed by atoms with E-state index in [0.717, 1.165) is 17.1 Å². The van der Waals surface area contributed by atoms with E-state index < -0.39 is 0 Å². The van der Waals surface area contributed by atoms with Crippen LogP contribution in [0.4, 0.5) is 17.1 Å².